The van der Waals surface area contributed by atoms with Gasteiger partial charge in [0, 0.05) is 0 Å². The van der Waals surface area contributed by atoms with Crippen LogP contribution < -0.4 is 5.46 Å². The fourth-order valence-electron chi connectivity index (χ4n) is 1.52. The van der Waals surface area contributed by atoms with Crippen LogP contribution in [0.5, 0.6) is 0 Å². The standard InChI is InChI=1S/C13H18BNO3S/c1-12(2,16)13(3,4)18-14(17)9-5-6-10-11(7-9)19-8-15-10/h5-8,16-17H,1-4H3. The number of thiazole rings is 1. The van der Waals surface area contributed by atoms with Crippen LogP contribution in [0.25, 0.3) is 10.2 Å². The van der Waals surface area contributed by atoms with Gasteiger partial charge in [-0.3, -0.25) is 0 Å². The Hall–Kier alpha value is -0.945. The molecule has 1 aromatic heterocycles. The highest BCUT2D eigenvalue weighted by molar-refractivity contribution is 7.16. The van der Waals surface area contributed by atoms with E-state index in [0.29, 0.717) is 5.46 Å². The number of aliphatic hydroxyl groups is 1. The Kier molecular flexibility index (Phi) is 3.70. The maximum atomic E-state index is 10.2. The van der Waals surface area contributed by atoms with Gasteiger partial charge in [-0.1, -0.05) is 6.07 Å². The van der Waals surface area contributed by atoms with Crippen molar-refractivity contribution in [2.75, 3.05) is 0 Å². The largest absolute Gasteiger partial charge is 0.491 e. The summed E-state index contributed by atoms with van der Waals surface area (Å²) in [5, 5.41) is 20.2. The van der Waals surface area contributed by atoms with Crippen LogP contribution in [0.2, 0.25) is 0 Å². The maximum absolute atomic E-state index is 10.2. The molecule has 19 heavy (non-hydrogen) atoms. The molecule has 2 N–H and O–H groups in total. The van der Waals surface area contributed by atoms with Gasteiger partial charge < -0.3 is 14.8 Å². The van der Waals surface area contributed by atoms with Crippen LogP contribution in [0.4, 0.5) is 0 Å². The number of benzene rings is 1. The Balaban J connectivity index is 2.22. The average Bonchev–Trinajstić information content (AvgIpc) is 2.73. The lowest BCUT2D eigenvalue weighted by atomic mass is 9.76. The number of fused-ring (bicyclic) bond motifs is 1. The molecule has 102 valence electrons. The van der Waals surface area contributed by atoms with Gasteiger partial charge in [0.25, 0.3) is 0 Å². The van der Waals surface area contributed by atoms with Crippen LogP contribution in [0.15, 0.2) is 23.7 Å². The minimum Gasteiger partial charge on any atom is -0.423 e. The first-order chi connectivity index (χ1) is 8.71. The Morgan fingerprint density at radius 3 is 2.58 bits per heavy atom. The monoisotopic (exact) mass is 279 g/mol. The summed E-state index contributed by atoms with van der Waals surface area (Å²) in [7, 11) is -1.08. The van der Waals surface area contributed by atoms with Gasteiger partial charge in [-0.15, -0.1) is 11.3 Å². The zero-order chi connectivity index (χ0) is 14.3. The highest BCUT2D eigenvalue weighted by Gasteiger charge is 2.39. The van der Waals surface area contributed by atoms with E-state index in [0.717, 1.165) is 10.2 Å². The molecule has 0 radical (unpaired) electrons. The lowest BCUT2D eigenvalue weighted by Gasteiger charge is -2.38. The molecule has 1 aromatic carbocycles. The van der Waals surface area contributed by atoms with E-state index in [2.05, 4.69) is 4.98 Å². The van der Waals surface area contributed by atoms with Gasteiger partial charge in [-0.25, -0.2) is 4.98 Å². The van der Waals surface area contributed by atoms with Crippen LogP contribution in [0.1, 0.15) is 27.7 Å². The topological polar surface area (TPSA) is 62.6 Å². The molecule has 6 heteroatoms. The molecule has 0 aliphatic rings. The third-order valence-electron chi connectivity index (χ3n) is 3.52. The molecule has 0 fully saturated rings. The maximum Gasteiger partial charge on any atom is 0.491 e. The molecule has 0 amide bonds. The van der Waals surface area contributed by atoms with Gasteiger partial charge in [0.2, 0.25) is 0 Å². The van der Waals surface area contributed by atoms with Crippen LogP contribution in [0, 0.1) is 0 Å². The lowest BCUT2D eigenvalue weighted by molar-refractivity contribution is -0.0982. The summed E-state index contributed by atoms with van der Waals surface area (Å²) in [6, 6.07) is 5.50. The van der Waals surface area contributed by atoms with E-state index in [4.69, 9.17) is 4.65 Å². The van der Waals surface area contributed by atoms with E-state index in [9.17, 15) is 10.1 Å². The molecule has 0 bridgehead atoms. The number of rotatable bonds is 4. The van der Waals surface area contributed by atoms with Crippen molar-refractivity contribution in [3.63, 3.8) is 0 Å². The summed E-state index contributed by atoms with van der Waals surface area (Å²) in [5.41, 5.74) is 1.41. The first kappa shape index (κ1) is 14.5. The molecule has 0 atom stereocenters. The van der Waals surface area contributed by atoms with Crippen LogP contribution in [-0.4, -0.2) is 33.4 Å². The van der Waals surface area contributed by atoms with Crippen molar-refractivity contribution in [3.05, 3.63) is 23.7 Å². The molecule has 0 spiro atoms. The predicted molar refractivity (Wildman–Crippen MR) is 78.7 cm³/mol. The number of hydrogen-bond acceptors (Lipinski definition) is 5. The SMILES string of the molecule is CC(C)(O)C(C)(C)OB(O)c1ccc2ncsc2c1. The summed E-state index contributed by atoms with van der Waals surface area (Å²) in [6.07, 6.45) is 0. The fraction of sp³-hybridized carbons (Fsp3) is 0.462. The summed E-state index contributed by atoms with van der Waals surface area (Å²) in [6.45, 7) is 6.82. The molecule has 4 nitrogen and oxygen atoms in total. The molecule has 2 aromatic rings. The van der Waals surface area contributed by atoms with Gasteiger partial charge in [-0.2, -0.15) is 0 Å². The molecule has 2 rings (SSSR count). The van der Waals surface area contributed by atoms with Crippen molar-refractivity contribution in [1.82, 2.24) is 4.98 Å². The summed E-state index contributed by atoms with van der Waals surface area (Å²) in [4.78, 5) is 4.19. The van der Waals surface area contributed by atoms with Gasteiger partial charge in [0.05, 0.1) is 26.9 Å². The minimum absolute atomic E-state index is 0.661. The second-order valence-corrected chi connectivity index (χ2v) is 6.51. The third kappa shape index (κ3) is 2.97. The molecule has 0 saturated carbocycles. The highest BCUT2D eigenvalue weighted by Crippen LogP contribution is 2.25. The normalized spacial score (nSPS) is 12.9. The lowest BCUT2D eigenvalue weighted by Crippen LogP contribution is -2.53. The molecular weight excluding hydrogens is 261 g/mol. The van der Waals surface area contributed by atoms with Crippen molar-refractivity contribution >= 4 is 34.1 Å². The number of nitrogens with zero attached hydrogens (tertiary/aromatic N) is 1. The van der Waals surface area contributed by atoms with E-state index in [1.54, 1.807) is 39.3 Å². The first-order valence-electron chi connectivity index (χ1n) is 6.12. The molecule has 0 aliphatic heterocycles. The van der Waals surface area contributed by atoms with E-state index in [1.165, 1.54) is 11.3 Å². The molecular formula is C13H18BNO3S. The highest BCUT2D eigenvalue weighted by atomic mass is 32.1. The quantitative estimate of drug-likeness (QED) is 0.834. The van der Waals surface area contributed by atoms with E-state index in [-0.39, 0.29) is 0 Å². The third-order valence-corrected chi connectivity index (χ3v) is 4.31. The minimum atomic E-state index is -1.08. The smallest absolute Gasteiger partial charge is 0.423 e. The Bertz CT molecular complexity index is 577. The Morgan fingerprint density at radius 1 is 1.26 bits per heavy atom. The molecule has 0 saturated heterocycles. The average molecular weight is 279 g/mol. The summed E-state index contributed by atoms with van der Waals surface area (Å²) < 4.78 is 6.60. The van der Waals surface area contributed by atoms with E-state index < -0.39 is 18.3 Å². The van der Waals surface area contributed by atoms with Crippen molar-refractivity contribution in [2.24, 2.45) is 0 Å². The van der Waals surface area contributed by atoms with Crippen LogP contribution in [0.3, 0.4) is 0 Å². The van der Waals surface area contributed by atoms with Crippen LogP contribution >= 0.6 is 11.3 Å². The van der Waals surface area contributed by atoms with Gasteiger partial charge in [0.1, 0.15) is 0 Å². The Labute approximate surface area is 117 Å². The van der Waals surface area contributed by atoms with Gasteiger partial charge in [-0.05, 0) is 45.3 Å². The van der Waals surface area contributed by atoms with Crippen molar-refractivity contribution in [1.29, 1.82) is 0 Å². The van der Waals surface area contributed by atoms with Crippen molar-refractivity contribution in [2.45, 2.75) is 38.9 Å². The van der Waals surface area contributed by atoms with Gasteiger partial charge in [0.15, 0.2) is 0 Å². The van der Waals surface area contributed by atoms with Gasteiger partial charge >= 0.3 is 7.12 Å². The zero-order valence-electron chi connectivity index (χ0n) is 11.5. The van der Waals surface area contributed by atoms with E-state index in [1.807, 2.05) is 12.1 Å². The fourth-order valence-corrected chi connectivity index (χ4v) is 2.24. The zero-order valence-corrected chi connectivity index (χ0v) is 12.4. The predicted octanol–water partition coefficient (Wildman–Crippen LogP) is 1.55. The van der Waals surface area contributed by atoms with Crippen LogP contribution in [-0.2, 0) is 4.65 Å². The number of hydrogen-bond donors (Lipinski definition) is 2. The van der Waals surface area contributed by atoms with Crippen molar-refractivity contribution < 1.29 is 14.8 Å². The Morgan fingerprint density at radius 2 is 1.95 bits per heavy atom. The first-order valence-corrected chi connectivity index (χ1v) is 7.00. The second kappa shape index (κ2) is 4.87. The number of aromatic nitrogens is 1. The summed E-state index contributed by atoms with van der Waals surface area (Å²) >= 11 is 1.52. The second-order valence-electron chi connectivity index (χ2n) is 5.62. The molecule has 0 unspecified atom stereocenters. The molecule has 1 heterocycles. The van der Waals surface area contributed by atoms with Crippen molar-refractivity contribution in [3.8, 4) is 0 Å². The van der Waals surface area contributed by atoms with E-state index >= 15 is 0 Å². The summed E-state index contributed by atoms with van der Waals surface area (Å²) in [5.74, 6) is 0. The molecule has 0 aliphatic carbocycles.